The summed E-state index contributed by atoms with van der Waals surface area (Å²) in [5.74, 6) is 0.319. The summed E-state index contributed by atoms with van der Waals surface area (Å²) in [5, 5.41) is 24.6. The number of hydrogen-bond donors (Lipinski definition) is 1. The van der Waals surface area contributed by atoms with E-state index in [9.17, 15) is 4.79 Å². The minimum Gasteiger partial charge on any atom is -0.325 e. The van der Waals surface area contributed by atoms with Gasteiger partial charge in [-0.05, 0) is 46.8 Å². The van der Waals surface area contributed by atoms with Gasteiger partial charge in [-0.1, -0.05) is 35.5 Å². The van der Waals surface area contributed by atoms with Gasteiger partial charge in [0, 0.05) is 17.2 Å². The van der Waals surface area contributed by atoms with Gasteiger partial charge in [0.15, 0.2) is 0 Å². The van der Waals surface area contributed by atoms with E-state index in [1.165, 1.54) is 11.8 Å². The van der Waals surface area contributed by atoms with E-state index in [2.05, 4.69) is 20.8 Å². The molecule has 0 fully saturated rings. The molecular formula is C17H13ClN6OS. The lowest BCUT2D eigenvalue weighted by Gasteiger charge is -2.07. The summed E-state index contributed by atoms with van der Waals surface area (Å²) < 4.78 is 1.59. The van der Waals surface area contributed by atoms with Crippen molar-refractivity contribution in [1.29, 1.82) is 5.26 Å². The van der Waals surface area contributed by atoms with Crippen LogP contribution in [-0.2, 0) is 4.79 Å². The number of aromatic nitrogens is 4. The summed E-state index contributed by atoms with van der Waals surface area (Å²) in [5.41, 5.74) is 1.73. The van der Waals surface area contributed by atoms with Crippen LogP contribution < -0.4 is 5.32 Å². The molecule has 0 atom stereocenters. The standard InChI is InChI=1S/C17H13ClN6OS/c18-13-5-7-14(8-6-13)24-17(21-22-23-24)26-10-9-16(25)20-15-4-2-1-3-12(15)11-19/h1-8H,9-10H2,(H,20,25). The molecule has 3 rings (SSSR count). The molecule has 0 radical (unpaired) electrons. The zero-order chi connectivity index (χ0) is 18.4. The molecule has 0 aliphatic rings. The van der Waals surface area contributed by atoms with Crippen LogP contribution in [0.4, 0.5) is 5.69 Å². The van der Waals surface area contributed by atoms with E-state index < -0.39 is 0 Å². The topological polar surface area (TPSA) is 96.5 Å². The van der Waals surface area contributed by atoms with Crippen LogP contribution in [0.3, 0.4) is 0 Å². The van der Waals surface area contributed by atoms with E-state index in [1.807, 2.05) is 18.2 Å². The van der Waals surface area contributed by atoms with Gasteiger partial charge in [0.25, 0.3) is 0 Å². The Hall–Kier alpha value is -2.89. The Kier molecular flexibility index (Phi) is 5.84. The number of carbonyl (C=O) groups excluding carboxylic acids is 1. The van der Waals surface area contributed by atoms with Crippen LogP contribution in [0.5, 0.6) is 0 Å². The summed E-state index contributed by atoms with van der Waals surface area (Å²) >= 11 is 7.26. The molecule has 0 unspecified atom stereocenters. The fraction of sp³-hybridized carbons (Fsp3) is 0.118. The largest absolute Gasteiger partial charge is 0.325 e. The zero-order valence-corrected chi connectivity index (χ0v) is 15.0. The van der Waals surface area contributed by atoms with E-state index in [0.717, 1.165) is 5.69 Å². The van der Waals surface area contributed by atoms with Crippen molar-refractivity contribution in [1.82, 2.24) is 20.2 Å². The van der Waals surface area contributed by atoms with Gasteiger partial charge in [-0.15, -0.1) is 5.10 Å². The number of benzene rings is 2. The van der Waals surface area contributed by atoms with Crippen LogP contribution in [-0.4, -0.2) is 31.9 Å². The molecule has 0 spiro atoms. The van der Waals surface area contributed by atoms with Gasteiger partial charge in [-0.3, -0.25) is 4.79 Å². The fourth-order valence-electron chi connectivity index (χ4n) is 2.15. The minimum atomic E-state index is -0.175. The van der Waals surface area contributed by atoms with E-state index >= 15 is 0 Å². The molecule has 26 heavy (non-hydrogen) atoms. The molecular weight excluding hydrogens is 372 g/mol. The molecule has 2 aromatic carbocycles. The summed E-state index contributed by atoms with van der Waals surface area (Å²) in [6, 6.07) is 16.1. The molecule has 0 aliphatic heterocycles. The monoisotopic (exact) mass is 384 g/mol. The highest BCUT2D eigenvalue weighted by molar-refractivity contribution is 7.99. The molecule has 0 saturated heterocycles. The summed E-state index contributed by atoms with van der Waals surface area (Å²) in [7, 11) is 0. The number of para-hydroxylation sites is 1. The first-order valence-electron chi connectivity index (χ1n) is 7.63. The SMILES string of the molecule is N#Cc1ccccc1NC(=O)CCSc1nnnn1-c1ccc(Cl)cc1. The minimum absolute atomic E-state index is 0.175. The molecule has 1 heterocycles. The second kappa shape index (κ2) is 8.47. The van der Waals surface area contributed by atoms with Crippen molar-refractivity contribution in [2.75, 3.05) is 11.1 Å². The van der Waals surface area contributed by atoms with Crippen molar-refractivity contribution in [2.24, 2.45) is 0 Å². The number of nitriles is 1. The van der Waals surface area contributed by atoms with Gasteiger partial charge in [0.2, 0.25) is 11.1 Å². The third-order valence-electron chi connectivity index (χ3n) is 3.39. The van der Waals surface area contributed by atoms with Crippen molar-refractivity contribution in [3.05, 3.63) is 59.1 Å². The van der Waals surface area contributed by atoms with Gasteiger partial charge < -0.3 is 5.32 Å². The lowest BCUT2D eigenvalue weighted by atomic mass is 10.2. The number of thioether (sulfide) groups is 1. The van der Waals surface area contributed by atoms with Gasteiger partial charge in [0.05, 0.1) is 16.9 Å². The Morgan fingerprint density at radius 2 is 2.00 bits per heavy atom. The predicted molar refractivity (Wildman–Crippen MR) is 99.3 cm³/mol. The Labute approximate surface area is 159 Å². The highest BCUT2D eigenvalue weighted by Gasteiger charge is 2.11. The molecule has 130 valence electrons. The Morgan fingerprint density at radius 3 is 2.77 bits per heavy atom. The maximum Gasteiger partial charge on any atom is 0.225 e. The zero-order valence-electron chi connectivity index (χ0n) is 13.5. The highest BCUT2D eigenvalue weighted by atomic mass is 35.5. The number of tetrazole rings is 1. The second-order valence-electron chi connectivity index (χ2n) is 5.15. The normalized spacial score (nSPS) is 10.3. The van der Waals surface area contributed by atoms with Gasteiger partial charge in [-0.2, -0.15) is 9.94 Å². The molecule has 9 heteroatoms. The summed E-state index contributed by atoms with van der Waals surface area (Å²) in [6.45, 7) is 0. The summed E-state index contributed by atoms with van der Waals surface area (Å²) in [4.78, 5) is 12.1. The average molecular weight is 385 g/mol. The molecule has 1 N–H and O–H groups in total. The van der Waals surface area contributed by atoms with Gasteiger partial charge >= 0.3 is 0 Å². The van der Waals surface area contributed by atoms with Crippen LogP contribution in [0.15, 0.2) is 53.7 Å². The van der Waals surface area contributed by atoms with Crippen LogP contribution in [0.25, 0.3) is 5.69 Å². The van der Waals surface area contributed by atoms with Crippen LogP contribution in [0.1, 0.15) is 12.0 Å². The summed E-state index contributed by atoms with van der Waals surface area (Å²) in [6.07, 6.45) is 0.262. The van der Waals surface area contributed by atoms with Crippen molar-refractivity contribution in [3.63, 3.8) is 0 Å². The first-order valence-corrected chi connectivity index (χ1v) is 9.00. The maximum absolute atomic E-state index is 12.1. The molecule has 0 bridgehead atoms. The van der Waals surface area contributed by atoms with Gasteiger partial charge in [0.1, 0.15) is 6.07 Å². The number of rotatable bonds is 6. The first-order chi connectivity index (χ1) is 12.7. The number of halogens is 1. The smallest absolute Gasteiger partial charge is 0.225 e. The number of nitrogens with zero attached hydrogens (tertiary/aromatic N) is 5. The van der Waals surface area contributed by atoms with E-state index in [1.54, 1.807) is 41.1 Å². The number of nitrogens with one attached hydrogen (secondary N) is 1. The third-order valence-corrected chi connectivity index (χ3v) is 4.57. The first kappa shape index (κ1) is 17.9. The maximum atomic E-state index is 12.1. The van der Waals surface area contributed by atoms with Crippen molar-refractivity contribution >= 4 is 35.0 Å². The van der Waals surface area contributed by atoms with E-state index in [-0.39, 0.29) is 12.3 Å². The number of carbonyl (C=O) groups is 1. The lowest BCUT2D eigenvalue weighted by molar-refractivity contribution is -0.115. The van der Waals surface area contributed by atoms with Crippen LogP contribution in [0.2, 0.25) is 5.02 Å². The molecule has 7 nitrogen and oxygen atoms in total. The van der Waals surface area contributed by atoms with Crippen molar-refractivity contribution in [3.8, 4) is 11.8 Å². The average Bonchev–Trinajstić information content (AvgIpc) is 3.11. The lowest BCUT2D eigenvalue weighted by Crippen LogP contribution is -2.13. The second-order valence-corrected chi connectivity index (χ2v) is 6.65. The van der Waals surface area contributed by atoms with Gasteiger partial charge in [-0.25, -0.2) is 0 Å². The molecule has 3 aromatic rings. The molecule has 0 saturated carbocycles. The highest BCUT2D eigenvalue weighted by Crippen LogP contribution is 2.21. The van der Waals surface area contributed by atoms with Crippen LogP contribution in [0, 0.1) is 11.3 Å². The Morgan fingerprint density at radius 1 is 1.23 bits per heavy atom. The van der Waals surface area contributed by atoms with E-state index in [4.69, 9.17) is 16.9 Å². The van der Waals surface area contributed by atoms with Crippen molar-refractivity contribution < 1.29 is 4.79 Å². The Balaban J connectivity index is 1.57. The van der Waals surface area contributed by atoms with Crippen LogP contribution >= 0.6 is 23.4 Å². The third kappa shape index (κ3) is 4.39. The molecule has 1 aromatic heterocycles. The predicted octanol–water partition coefficient (Wildman–Crippen LogP) is 3.31. The van der Waals surface area contributed by atoms with E-state index in [0.29, 0.717) is 27.2 Å². The Bertz CT molecular complexity index is 950. The number of anilines is 1. The quantitative estimate of drug-likeness (QED) is 0.655. The number of amides is 1. The molecule has 0 aliphatic carbocycles. The van der Waals surface area contributed by atoms with Crippen molar-refractivity contribution in [2.45, 2.75) is 11.6 Å². The fourth-order valence-corrected chi connectivity index (χ4v) is 3.11. The molecule has 1 amide bonds. The number of hydrogen-bond acceptors (Lipinski definition) is 6.